The molecule has 1 aromatic heterocycles. The molecular formula is C15H19FN2O. The molecule has 0 aromatic carbocycles. The summed E-state index contributed by atoms with van der Waals surface area (Å²) in [7, 11) is 0. The first-order valence-electron chi connectivity index (χ1n) is 7.18. The zero-order valence-corrected chi connectivity index (χ0v) is 11.0. The number of fused-ring (bicyclic) bond motifs is 1. The topological polar surface area (TPSA) is 33.2 Å². The number of piperidine rings is 1. The fraction of sp³-hybridized carbons (Fsp3) is 0.600. The zero-order valence-electron chi connectivity index (χ0n) is 11.0. The minimum Gasteiger partial charge on any atom is -0.335 e. The smallest absolute Gasteiger partial charge is 0.255 e. The van der Waals surface area contributed by atoms with Crippen LogP contribution in [-0.2, 0) is 0 Å². The predicted molar refractivity (Wildman–Crippen MR) is 70.2 cm³/mol. The third-order valence-electron chi connectivity index (χ3n) is 4.48. The number of carbonyl (C=O) groups excluding carboxylic acids is 1. The number of halogens is 1. The molecule has 2 heterocycles. The fourth-order valence-electron chi connectivity index (χ4n) is 3.55. The third-order valence-corrected chi connectivity index (χ3v) is 4.48. The number of pyridine rings is 1. The average molecular weight is 262 g/mol. The summed E-state index contributed by atoms with van der Waals surface area (Å²) in [5.74, 6) is 0.148. The van der Waals surface area contributed by atoms with Crippen molar-refractivity contribution in [3.05, 3.63) is 29.8 Å². The molecule has 1 saturated carbocycles. The third kappa shape index (κ3) is 2.48. The van der Waals surface area contributed by atoms with Gasteiger partial charge in [-0.05, 0) is 43.7 Å². The van der Waals surface area contributed by atoms with Crippen LogP contribution in [0.25, 0.3) is 0 Å². The normalized spacial score (nSPS) is 26.9. The van der Waals surface area contributed by atoms with Crippen LogP contribution in [0.3, 0.4) is 0 Å². The molecule has 4 heteroatoms. The van der Waals surface area contributed by atoms with Crippen molar-refractivity contribution in [2.24, 2.45) is 5.92 Å². The number of likely N-dealkylation sites (tertiary alicyclic amines) is 1. The van der Waals surface area contributed by atoms with E-state index < -0.39 is 5.95 Å². The molecule has 2 fully saturated rings. The van der Waals surface area contributed by atoms with E-state index in [0.717, 1.165) is 19.4 Å². The molecule has 1 amide bonds. The fourth-order valence-corrected chi connectivity index (χ4v) is 3.55. The molecular weight excluding hydrogens is 243 g/mol. The highest BCUT2D eigenvalue weighted by atomic mass is 19.1. The largest absolute Gasteiger partial charge is 0.335 e. The van der Waals surface area contributed by atoms with Crippen molar-refractivity contribution in [3.8, 4) is 0 Å². The maximum absolute atomic E-state index is 12.8. The van der Waals surface area contributed by atoms with Crippen LogP contribution in [0.4, 0.5) is 4.39 Å². The Balaban J connectivity index is 1.79. The van der Waals surface area contributed by atoms with Gasteiger partial charge in [0.15, 0.2) is 0 Å². The lowest BCUT2D eigenvalue weighted by atomic mass is 9.78. The van der Waals surface area contributed by atoms with Crippen molar-refractivity contribution in [2.75, 3.05) is 6.54 Å². The van der Waals surface area contributed by atoms with Crippen LogP contribution >= 0.6 is 0 Å². The summed E-state index contributed by atoms with van der Waals surface area (Å²) >= 11 is 0. The van der Waals surface area contributed by atoms with Crippen molar-refractivity contribution >= 4 is 5.91 Å². The Morgan fingerprint density at radius 3 is 2.79 bits per heavy atom. The Kier molecular flexibility index (Phi) is 3.49. The summed E-state index contributed by atoms with van der Waals surface area (Å²) in [5.41, 5.74) is 0.507. The van der Waals surface area contributed by atoms with Gasteiger partial charge in [0.05, 0.1) is 5.56 Å². The van der Waals surface area contributed by atoms with E-state index in [1.54, 1.807) is 0 Å². The highest BCUT2D eigenvalue weighted by Crippen LogP contribution is 2.35. The number of nitrogens with zero attached hydrogens (tertiary/aromatic N) is 2. The maximum atomic E-state index is 12.8. The molecule has 1 aromatic rings. The zero-order chi connectivity index (χ0) is 13.2. The van der Waals surface area contributed by atoms with E-state index in [0.29, 0.717) is 17.5 Å². The van der Waals surface area contributed by atoms with Crippen LogP contribution < -0.4 is 0 Å². The Labute approximate surface area is 112 Å². The van der Waals surface area contributed by atoms with Crippen molar-refractivity contribution in [3.63, 3.8) is 0 Å². The van der Waals surface area contributed by atoms with Gasteiger partial charge in [0.2, 0.25) is 5.95 Å². The molecule has 1 saturated heterocycles. The van der Waals surface area contributed by atoms with Gasteiger partial charge in [-0.25, -0.2) is 4.98 Å². The molecule has 0 spiro atoms. The number of hydrogen-bond acceptors (Lipinski definition) is 2. The summed E-state index contributed by atoms with van der Waals surface area (Å²) in [6.45, 7) is 0.831. The Morgan fingerprint density at radius 2 is 2.00 bits per heavy atom. The van der Waals surface area contributed by atoms with Crippen molar-refractivity contribution < 1.29 is 9.18 Å². The molecule has 2 unspecified atom stereocenters. The number of hydrogen-bond donors (Lipinski definition) is 0. The SMILES string of the molecule is O=C(c1ccc(F)nc1)N1CCCC2CCCCC21. The summed E-state index contributed by atoms with van der Waals surface area (Å²) in [6.07, 6.45) is 8.55. The van der Waals surface area contributed by atoms with Gasteiger partial charge >= 0.3 is 0 Å². The van der Waals surface area contributed by atoms with Crippen LogP contribution in [0, 0.1) is 11.9 Å². The summed E-state index contributed by atoms with van der Waals surface area (Å²) in [4.78, 5) is 18.1. The van der Waals surface area contributed by atoms with Gasteiger partial charge in [-0.1, -0.05) is 12.8 Å². The molecule has 2 atom stereocenters. The second kappa shape index (κ2) is 5.27. The molecule has 3 nitrogen and oxygen atoms in total. The molecule has 0 N–H and O–H groups in total. The van der Waals surface area contributed by atoms with Gasteiger partial charge in [-0.3, -0.25) is 4.79 Å². The van der Waals surface area contributed by atoms with Crippen LogP contribution in [-0.4, -0.2) is 28.4 Å². The second-order valence-corrected chi connectivity index (χ2v) is 5.62. The first kappa shape index (κ1) is 12.6. The van der Waals surface area contributed by atoms with E-state index in [2.05, 4.69) is 4.98 Å². The van der Waals surface area contributed by atoms with Gasteiger partial charge in [-0.2, -0.15) is 4.39 Å². The predicted octanol–water partition coefficient (Wildman–Crippen LogP) is 3.02. The lowest BCUT2D eigenvalue weighted by Crippen LogP contribution is -2.49. The Morgan fingerprint density at radius 1 is 1.21 bits per heavy atom. The van der Waals surface area contributed by atoms with Crippen molar-refractivity contribution in [1.82, 2.24) is 9.88 Å². The molecule has 1 aliphatic carbocycles. The quantitative estimate of drug-likeness (QED) is 0.729. The van der Waals surface area contributed by atoms with Crippen LogP contribution in [0.15, 0.2) is 18.3 Å². The van der Waals surface area contributed by atoms with Crippen molar-refractivity contribution in [2.45, 2.75) is 44.6 Å². The van der Waals surface area contributed by atoms with E-state index in [-0.39, 0.29) is 5.91 Å². The minimum absolute atomic E-state index is 0.0177. The van der Waals surface area contributed by atoms with Crippen LogP contribution in [0.2, 0.25) is 0 Å². The number of amides is 1. The van der Waals surface area contributed by atoms with Gasteiger partial charge < -0.3 is 4.90 Å². The molecule has 1 aliphatic heterocycles. The second-order valence-electron chi connectivity index (χ2n) is 5.62. The van der Waals surface area contributed by atoms with E-state index >= 15 is 0 Å². The minimum atomic E-state index is -0.536. The number of carbonyl (C=O) groups is 1. The molecule has 19 heavy (non-hydrogen) atoms. The van der Waals surface area contributed by atoms with E-state index in [1.165, 1.54) is 44.0 Å². The Bertz CT molecular complexity index is 458. The van der Waals surface area contributed by atoms with Gasteiger partial charge in [-0.15, -0.1) is 0 Å². The lowest BCUT2D eigenvalue weighted by Gasteiger charge is -2.44. The van der Waals surface area contributed by atoms with Crippen LogP contribution in [0.5, 0.6) is 0 Å². The molecule has 0 radical (unpaired) electrons. The standard InChI is InChI=1S/C15H19FN2O/c16-14-8-7-12(10-17-14)15(19)18-9-3-5-11-4-1-2-6-13(11)18/h7-8,10-11,13H,1-6,9H2. The highest BCUT2D eigenvalue weighted by Gasteiger charge is 2.35. The number of aromatic nitrogens is 1. The van der Waals surface area contributed by atoms with Crippen molar-refractivity contribution in [1.29, 1.82) is 0 Å². The summed E-state index contributed by atoms with van der Waals surface area (Å²) in [6, 6.07) is 3.19. The van der Waals surface area contributed by atoms with Crippen LogP contribution in [0.1, 0.15) is 48.9 Å². The molecule has 2 aliphatic rings. The van der Waals surface area contributed by atoms with E-state index in [1.807, 2.05) is 4.90 Å². The van der Waals surface area contributed by atoms with Gasteiger partial charge in [0.1, 0.15) is 0 Å². The first-order valence-corrected chi connectivity index (χ1v) is 7.18. The van der Waals surface area contributed by atoms with Gasteiger partial charge in [0.25, 0.3) is 5.91 Å². The molecule has 102 valence electrons. The number of rotatable bonds is 1. The first-order chi connectivity index (χ1) is 9.25. The van der Waals surface area contributed by atoms with E-state index in [9.17, 15) is 9.18 Å². The van der Waals surface area contributed by atoms with E-state index in [4.69, 9.17) is 0 Å². The molecule has 3 rings (SSSR count). The monoisotopic (exact) mass is 262 g/mol. The van der Waals surface area contributed by atoms with Gasteiger partial charge in [0, 0.05) is 18.8 Å². The summed E-state index contributed by atoms with van der Waals surface area (Å²) < 4.78 is 12.8. The molecule has 0 bridgehead atoms. The lowest BCUT2D eigenvalue weighted by molar-refractivity contribution is 0.0390. The average Bonchev–Trinajstić information content (AvgIpc) is 2.47. The Hall–Kier alpha value is -1.45. The highest BCUT2D eigenvalue weighted by molar-refractivity contribution is 5.94. The summed E-state index contributed by atoms with van der Waals surface area (Å²) in [5, 5.41) is 0. The maximum Gasteiger partial charge on any atom is 0.255 e.